The summed E-state index contributed by atoms with van der Waals surface area (Å²) in [6.07, 6.45) is 4.80. The van der Waals surface area contributed by atoms with E-state index in [4.69, 9.17) is 11.3 Å². The molecule has 0 aliphatic rings. The standard InChI is InChI=1S/C8H7NOS.ClH/c1-3-8(10-9-2)7-4-5-11-6-7;/h1,4-6,8H,2H2;1H. The van der Waals surface area contributed by atoms with Gasteiger partial charge >= 0.3 is 0 Å². The van der Waals surface area contributed by atoms with Crippen LogP contribution >= 0.6 is 23.7 Å². The Morgan fingerprint density at radius 3 is 2.92 bits per heavy atom. The molecule has 0 N–H and O–H groups in total. The van der Waals surface area contributed by atoms with Crippen molar-refractivity contribution in [3.8, 4) is 12.3 Å². The normalized spacial score (nSPS) is 10.6. The number of halogens is 1. The Morgan fingerprint density at radius 2 is 2.50 bits per heavy atom. The summed E-state index contributed by atoms with van der Waals surface area (Å²) in [5.74, 6) is 2.46. The predicted molar refractivity (Wildman–Crippen MR) is 53.8 cm³/mol. The summed E-state index contributed by atoms with van der Waals surface area (Å²) in [5.41, 5.74) is 0.949. The van der Waals surface area contributed by atoms with Crippen LogP contribution in [0.4, 0.5) is 0 Å². The van der Waals surface area contributed by atoms with Crippen molar-refractivity contribution in [1.29, 1.82) is 0 Å². The molecule has 0 aliphatic heterocycles. The second kappa shape index (κ2) is 5.64. The molecule has 1 atom stereocenters. The van der Waals surface area contributed by atoms with Crippen LogP contribution in [0.15, 0.2) is 22.0 Å². The first-order chi connectivity index (χ1) is 5.38. The Balaban J connectivity index is 0.00000121. The largest absolute Gasteiger partial charge is 0.375 e. The van der Waals surface area contributed by atoms with Crippen LogP contribution in [0.2, 0.25) is 0 Å². The van der Waals surface area contributed by atoms with Crippen molar-refractivity contribution in [2.75, 3.05) is 0 Å². The minimum absolute atomic E-state index is 0. The highest BCUT2D eigenvalue weighted by molar-refractivity contribution is 7.07. The first-order valence-corrected chi connectivity index (χ1v) is 3.93. The van der Waals surface area contributed by atoms with E-state index >= 15 is 0 Å². The van der Waals surface area contributed by atoms with Crippen molar-refractivity contribution in [3.05, 3.63) is 22.4 Å². The van der Waals surface area contributed by atoms with E-state index in [1.807, 2.05) is 16.8 Å². The molecule has 1 rings (SSSR count). The number of hydrogen-bond acceptors (Lipinski definition) is 3. The quantitative estimate of drug-likeness (QED) is 0.418. The molecule has 12 heavy (non-hydrogen) atoms. The smallest absolute Gasteiger partial charge is 0.213 e. The molecule has 2 nitrogen and oxygen atoms in total. The van der Waals surface area contributed by atoms with Gasteiger partial charge in [-0.2, -0.15) is 11.3 Å². The van der Waals surface area contributed by atoms with Crippen LogP contribution in [0.25, 0.3) is 0 Å². The molecule has 0 saturated carbocycles. The molecule has 0 spiro atoms. The van der Waals surface area contributed by atoms with Crippen molar-refractivity contribution in [1.82, 2.24) is 0 Å². The summed E-state index contributed by atoms with van der Waals surface area (Å²) < 4.78 is 0. The first-order valence-electron chi connectivity index (χ1n) is 2.98. The van der Waals surface area contributed by atoms with Gasteiger partial charge in [0.15, 0.2) is 0 Å². The van der Waals surface area contributed by atoms with Crippen molar-refractivity contribution >= 4 is 30.5 Å². The molecule has 0 radical (unpaired) electrons. The molecular formula is C8H8ClNOS. The molecule has 1 aromatic rings. The third-order valence-electron chi connectivity index (χ3n) is 1.18. The fraction of sp³-hybridized carbons (Fsp3) is 0.125. The van der Waals surface area contributed by atoms with Gasteiger partial charge in [0.1, 0.15) is 0 Å². The van der Waals surface area contributed by atoms with Crippen molar-refractivity contribution in [2.45, 2.75) is 6.10 Å². The summed E-state index contributed by atoms with van der Waals surface area (Å²) in [7, 11) is 0. The molecule has 0 saturated heterocycles. The van der Waals surface area contributed by atoms with E-state index in [0.29, 0.717) is 0 Å². The fourth-order valence-electron chi connectivity index (χ4n) is 0.686. The molecule has 0 amide bonds. The zero-order chi connectivity index (χ0) is 8.10. The summed E-state index contributed by atoms with van der Waals surface area (Å²) in [6, 6.07) is 1.90. The summed E-state index contributed by atoms with van der Waals surface area (Å²) in [5, 5.41) is 7.14. The van der Waals surface area contributed by atoms with E-state index in [-0.39, 0.29) is 12.4 Å². The second-order valence-corrected chi connectivity index (χ2v) is 2.62. The third kappa shape index (κ3) is 2.57. The van der Waals surface area contributed by atoms with Crippen LogP contribution in [0.5, 0.6) is 0 Å². The Labute approximate surface area is 81.6 Å². The maximum Gasteiger partial charge on any atom is 0.213 e. The summed E-state index contributed by atoms with van der Waals surface area (Å²) in [4.78, 5) is 4.82. The van der Waals surface area contributed by atoms with Gasteiger partial charge < -0.3 is 4.84 Å². The maximum atomic E-state index is 5.19. The van der Waals surface area contributed by atoms with Crippen LogP contribution in [-0.4, -0.2) is 6.72 Å². The molecule has 64 valence electrons. The molecule has 0 bridgehead atoms. The van der Waals surface area contributed by atoms with E-state index in [2.05, 4.69) is 17.8 Å². The third-order valence-corrected chi connectivity index (χ3v) is 1.88. The Bertz CT molecular complexity index is 265. The van der Waals surface area contributed by atoms with Crippen molar-refractivity contribution in [2.24, 2.45) is 5.16 Å². The van der Waals surface area contributed by atoms with Crippen LogP contribution in [0.3, 0.4) is 0 Å². The van der Waals surface area contributed by atoms with Gasteiger partial charge in [0.2, 0.25) is 6.10 Å². The zero-order valence-electron chi connectivity index (χ0n) is 6.27. The first kappa shape index (κ1) is 11.0. The lowest BCUT2D eigenvalue weighted by Gasteiger charge is -2.04. The number of thiophene rings is 1. The Kier molecular flexibility index (Phi) is 5.18. The Morgan fingerprint density at radius 1 is 1.75 bits per heavy atom. The van der Waals surface area contributed by atoms with Gasteiger partial charge in [0.05, 0.1) is 0 Å². The highest BCUT2D eigenvalue weighted by Crippen LogP contribution is 2.18. The van der Waals surface area contributed by atoms with Gasteiger partial charge in [-0.1, -0.05) is 5.92 Å². The zero-order valence-corrected chi connectivity index (χ0v) is 7.90. The topological polar surface area (TPSA) is 21.6 Å². The number of terminal acetylenes is 1. The SMILES string of the molecule is C#CC(ON=C)c1ccsc1.Cl. The van der Waals surface area contributed by atoms with Crippen LogP contribution in [0.1, 0.15) is 11.7 Å². The molecule has 0 fully saturated rings. The van der Waals surface area contributed by atoms with Crippen LogP contribution in [0, 0.1) is 12.3 Å². The van der Waals surface area contributed by atoms with Crippen molar-refractivity contribution < 1.29 is 4.84 Å². The van der Waals surface area contributed by atoms with E-state index < -0.39 is 6.10 Å². The predicted octanol–water partition coefficient (Wildman–Crippen LogP) is 2.48. The van der Waals surface area contributed by atoms with E-state index in [1.165, 1.54) is 0 Å². The van der Waals surface area contributed by atoms with Crippen molar-refractivity contribution in [3.63, 3.8) is 0 Å². The van der Waals surface area contributed by atoms with Crippen LogP contribution in [-0.2, 0) is 4.84 Å². The molecule has 1 heterocycles. The Hall–Kier alpha value is -0.980. The van der Waals surface area contributed by atoms with Gasteiger partial charge in [-0.05, 0) is 16.8 Å². The number of hydrogen-bond donors (Lipinski definition) is 0. The maximum absolute atomic E-state index is 5.19. The summed E-state index contributed by atoms with van der Waals surface area (Å²) >= 11 is 1.57. The van der Waals surface area contributed by atoms with Gasteiger partial charge in [0, 0.05) is 12.3 Å². The lowest BCUT2D eigenvalue weighted by molar-refractivity contribution is 0.102. The molecule has 4 heteroatoms. The molecule has 1 aromatic heterocycles. The van der Waals surface area contributed by atoms with Gasteiger partial charge in [-0.25, -0.2) is 0 Å². The minimum Gasteiger partial charge on any atom is -0.375 e. The fourth-order valence-corrected chi connectivity index (χ4v) is 1.36. The number of rotatable bonds is 3. The van der Waals surface area contributed by atoms with E-state index in [9.17, 15) is 0 Å². The highest BCUT2D eigenvalue weighted by Gasteiger charge is 2.07. The van der Waals surface area contributed by atoms with Gasteiger partial charge in [-0.15, -0.1) is 24.0 Å². The average molecular weight is 202 g/mol. The molecule has 0 aromatic carbocycles. The minimum atomic E-state index is -0.390. The highest BCUT2D eigenvalue weighted by atomic mass is 35.5. The van der Waals surface area contributed by atoms with Gasteiger partial charge in [0.25, 0.3) is 0 Å². The molecule has 1 unspecified atom stereocenters. The van der Waals surface area contributed by atoms with E-state index in [0.717, 1.165) is 5.56 Å². The second-order valence-electron chi connectivity index (χ2n) is 1.84. The lowest BCUT2D eigenvalue weighted by Crippen LogP contribution is -1.94. The monoisotopic (exact) mass is 201 g/mol. The van der Waals surface area contributed by atoms with E-state index in [1.54, 1.807) is 11.3 Å². The van der Waals surface area contributed by atoms with Gasteiger partial charge in [-0.3, -0.25) is 0 Å². The van der Waals surface area contributed by atoms with Crippen LogP contribution < -0.4 is 0 Å². The number of oxime groups is 1. The average Bonchev–Trinajstić information content (AvgIpc) is 2.52. The summed E-state index contributed by atoms with van der Waals surface area (Å²) in [6.45, 7) is 3.19. The molecular weight excluding hydrogens is 194 g/mol. The molecule has 0 aliphatic carbocycles. The number of nitrogens with zero attached hydrogens (tertiary/aromatic N) is 1. The lowest BCUT2D eigenvalue weighted by atomic mass is 10.2.